The van der Waals surface area contributed by atoms with E-state index < -0.39 is 21.8 Å². The maximum absolute atomic E-state index is 12.0. The predicted molar refractivity (Wildman–Crippen MR) is 72.8 cm³/mol. The number of sulfone groups is 1. The van der Waals surface area contributed by atoms with Crippen molar-refractivity contribution in [3.05, 3.63) is 29.8 Å². The van der Waals surface area contributed by atoms with E-state index in [9.17, 15) is 18.3 Å². The molecule has 2 N–H and O–H groups in total. The first kappa shape index (κ1) is 15.7. The number of benzene rings is 1. The zero-order valence-electron chi connectivity index (χ0n) is 11.1. The molecule has 19 heavy (non-hydrogen) atoms. The van der Waals surface area contributed by atoms with Crippen LogP contribution >= 0.6 is 0 Å². The van der Waals surface area contributed by atoms with E-state index >= 15 is 0 Å². The normalized spacial score (nSPS) is 13.0. The van der Waals surface area contributed by atoms with E-state index in [1.807, 2.05) is 0 Å². The molecule has 5 nitrogen and oxygen atoms in total. The average Bonchev–Trinajstić information content (AvgIpc) is 2.44. The van der Waals surface area contributed by atoms with Crippen molar-refractivity contribution >= 4 is 15.7 Å². The molecule has 1 unspecified atom stereocenters. The van der Waals surface area contributed by atoms with E-state index in [4.69, 9.17) is 0 Å². The summed E-state index contributed by atoms with van der Waals surface area (Å²) in [5.41, 5.74) is 0.118. The van der Waals surface area contributed by atoms with Crippen LogP contribution in [-0.2, 0) is 9.84 Å². The summed E-state index contributed by atoms with van der Waals surface area (Å²) in [6, 6.07) is 6.08. The number of nitrogens with one attached hydrogen (secondary N) is 1. The number of hydrogen-bond acceptors (Lipinski definition) is 4. The minimum atomic E-state index is -3.44. The first-order chi connectivity index (χ1) is 8.92. The molecule has 106 valence electrons. The number of hydrogen-bond donors (Lipinski definition) is 2. The molecule has 0 aliphatic carbocycles. The second-order valence-corrected chi connectivity index (χ2v) is 6.42. The SMILES string of the molecule is CCC(O)CNC(=O)c1ccccc1S(=O)(=O)CC. The molecule has 0 aliphatic rings. The number of aliphatic hydroxyl groups is 1. The van der Waals surface area contributed by atoms with Gasteiger partial charge in [0.25, 0.3) is 5.91 Å². The Morgan fingerprint density at radius 2 is 1.95 bits per heavy atom. The molecule has 0 spiro atoms. The molecule has 1 aromatic rings. The van der Waals surface area contributed by atoms with Gasteiger partial charge in [-0.25, -0.2) is 8.42 Å². The molecule has 0 radical (unpaired) electrons. The Hall–Kier alpha value is -1.40. The maximum Gasteiger partial charge on any atom is 0.252 e. The number of rotatable bonds is 6. The highest BCUT2D eigenvalue weighted by atomic mass is 32.2. The average molecular weight is 285 g/mol. The Morgan fingerprint density at radius 3 is 2.53 bits per heavy atom. The van der Waals surface area contributed by atoms with Gasteiger partial charge in [-0.3, -0.25) is 4.79 Å². The monoisotopic (exact) mass is 285 g/mol. The third-order valence-corrected chi connectivity index (χ3v) is 4.60. The Balaban J connectivity index is 2.98. The second kappa shape index (κ2) is 6.68. The van der Waals surface area contributed by atoms with Crippen molar-refractivity contribution in [2.45, 2.75) is 31.3 Å². The predicted octanol–water partition coefficient (Wildman–Crippen LogP) is 0.981. The van der Waals surface area contributed by atoms with Crippen molar-refractivity contribution in [2.24, 2.45) is 0 Å². The van der Waals surface area contributed by atoms with Gasteiger partial charge in [-0.05, 0) is 18.6 Å². The maximum atomic E-state index is 12.0. The summed E-state index contributed by atoms with van der Waals surface area (Å²) in [6.45, 7) is 3.44. The van der Waals surface area contributed by atoms with Crippen molar-refractivity contribution in [1.82, 2.24) is 5.32 Å². The van der Waals surface area contributed by atoms with Crippen LogP contribution in [0.2, 0.25) is 0 Å². The summed E-state index contributed by atoms with van der Waals surface area (Å²) in [5, 5.41) is 11.9. The molecule has 0 heterocycles. The highest BCUT2D eigenvalue weighted by Crippen LogP contribution is 2.16. The molecule has 6 heteroatoms. The topological polar surface area (TPSA) is 83.5 Å². The van der Waals surface area contributed by atoms with Crippen LogP contribution < -0.4 is 5.32 Å². The fourth-order valence-corrected chi connectivity index (χ4v) is 2.62. The van der Waals surface area contributed by atoms with Crippen LogP contribution in [0.4, 0.5) is 0 Å². The Bertz CT molecular complexity index is 539. The number of aliphatic hydroxyl groups excluding tert-OH is 1. The highest BCUT2D eigenvalue weighted by molar-refractivity contribution is 7.91. The summed E-state index contributed by atoms with van der Waals surface area (Å²) >= 11 is 0. The second-order valence-electron chi connectivity index (χ2n) is 4.17. The zero-order valence-corrected chi connectivity index (χ0v) is 11.9. The van der Waals surface area contributed by atoms with Crippen molar-refractivity contribution in [3.63, 3.8) is 0 Å². The molecule has 1 amide bonds. The lowest BCUT2D eigenvalue weighted by molar-refractivity contribution is 0.0910. The van der Waals surface area contributed by atoms with Gasteiger partial charge >= 0.3 is 0 Å². The fourth-order valence-electron chi connectivity index (χ4n) is 1.53. The Morgan fingerprint density at radius 1 is 1.32 bits per heavy atom. The molecule has 0 aromatic heterocycles. The molecule has 0 fully saturated rings. The molecule has 1 aromatic carbocycles. The molecule has 0 saturated carbocycles. The third-order valence-electron chi connectivity index (χ3n) is 2.82. The minimum Gasteiger partial charge on any atom is -0.391 e. The smallest absolute Gasteiger partial charge is 0.252 e. The standard InChI is InChI=1S/C13H19NO4S/c1-3-10(15)9-14-13(16)11-7-5-6-8-12(11)19(17,18)4-2/h5-8,10,15H,3-4,9H2,1-2H3,(H,14,16). The van der Waals surface area contributed by atoms with Crippen LogP contribution in [0.5, 0.6) is 0 Å². The quantitative estimate of drug-likeness (QED) is 0.816. The lowest BCUT2D eigenvalue weighted by atomic mass is 10.2. The van der Waals surface area contributed by atoms with Crippen molar-refractivity contribution in [3.8, 4) is 0 Å². The third kappa shape index (κ3) is 4.04. The van der Waals surface area contributed by atoms with Gasteiger partial charge < -0.3 is 10.4 Å². The van der Waals surface area contributed by atoms with E-state index in [1.165, 1.54) is 19.1 Å². The van der Waals surface area contributed by atoms with E-state index in [0.717, 1.165) is 0 Å². The molecular formula is C13H19NO4S. The van der Waals surface area contributed by atoms with Gasteiger partial charge in [-0.1, -0.05) is 26.0 Å². The van der Waals surface area contributed by atoms with Crippen LogP contribution in [0.1, 0.15) is 30.6 Å². The Kier molecular flexibility index (Phi) is 5.50. The molecule has 0 aliphatic heterocycles. The summed E-state index contributed by atoms with van der Waals surface area (Å²) in [5.74, 6) is -0.547. The van der Waals surface area contributed by atoms with E-state index in [-0.39, 0.29) is 22.8 Å². The minimum absolute atomic E-state index is 0.0287. The number of carbonyl (C=O) groups is 1. The van der Waals surface area contributed by atoms with Gasteiger partial charge in [0.2, 0.25) is 0 Å². The van der Waals surface area contributed by atoms with E-state index in [1.54, 1.807) is 19.1 Å². The van der Waals surface area contributed by atoms with Gasteiger partial charge in [0.1, 0.15) is 0 Å². The number of amides is 1. The van der Waals surface area contributed by atoms with Crippen LogP contribution in [0.15, 0.2) is 29.2 Å². The molecular weight excluding hydrogens is 266 g/mol. The summed E-state index contributed by atoms with van der Waals surface area (Å²) in [6.07, 6.45) is -0.103. The fraction of sp³-hybridized carbons (Fsp3) is 0.462. The zero-order chi connectivity index (χ0) is 14.5. The molecule has 1 atom stereocenters. The van der Waals surface area contributed by atoms with Gasteiger partial charge in [-0.15, -0.1) is 0 Å². The summed E-state index contributed by atoms with van der Waals surface area (Å²) < 4.78 is 23.8. The molecule has 1 rings (SSSR count). The lowest BCUT2D eigenvalue weighted by Gasteiger charge is -2.12. The first-order valence-electron chi connectivity index (χ1n) is 6.20. The van der Waals surface area contributed by atoms with E-state index in [0.29, 0.717) is 6.42 Å². The highest BCUT2D eigenvalue weighted by Gasteiger charge is 2.20. The van der Waals surface area contributed by atoms with Gasteiger partial charge in [0, 0.05) is 6.54 Å². The van der Waals surface area contributed by atoms with Crippen LogP contribution in [-0.4, -0.2) is 37.8 Å². The summed E-state index contributed by atoms with van der Waals surface area (Å²) in [7, 11) is -3.44. The van der Waals surface area contributed by atoms with Crippen molar-refractivity contribution < 1.29 is 18.3 Å². The largest absolute Gasteiger partial charge is 0.391 e. The van der Waals surface area contributed by atoms with E-state index in [2.05, 4.69) is 5.32 Å². The number of carbonyl (C=O) groups excluding carboxylic acids is 1. The molecule has 0 bridgehead atoms. The van der Waals surface area contributed by atoms with Crippen molar-refractivity contribution in [2.75, 3.05) is 12.3 Å². The van der Waals surface area contributed by atoms with Crippen molar-refractivity contribution in [1.29, 1.82) is 0 Å². The lowest BCUT2D eigenvalue weighted by Crippen LogP contribution is -2.32. The van der Waals surface area contributed by atoms with Crippen LogP contribution in [0.3, 0.4) is 0 Å². The Labute approximate surface area is 113 Å². The van der Waals surface area contributed by atoms with Gasteiger partial charge in [0.15, 0.2) is 9.84 Å². The van der Waals surface area contributed by atoms with Gasteiger partial charge in [0.05, 0.1) is 22.3 Å². The van der Waals surface area contributed by atoms with Gasteiger partial charge in [-0.2, -0.15) is 0 Å². The van der Waals surface area contributed by atoms with Crippen LogP contribution in [0.25, 0.3) is 0 Å². The first-order valence-corrected chi connectivity index (χ1v) is 7.85. The summed E-state index contributed by atoms with van der Waals surface area (Å²) in [4.78, 5) is 12.0. The molecule has 0 saturated heterocycles. The van der Waals surface area contributed by atoms with Crippen LogP contribution in [0, 0.1) is 0 Å².